The molecule has 0 amide bonds. The molecule has 0 radical (unpaired) electrons. The normalized spacial score (nSPS) is 15.3. The maximum absolute atomic E-state index is 11.8. The molecule has 1 aromatic heterocycles. The van der Waals surface area contributed by atoms with Gasteiger partial charge in [0.2, 0.25) is 0 Å². The standard InChI is InChI=1S/C10H17NOS2/c1-3-5-9(11-2)8-14(12)10-6-4-7-13-10/h4,6-7,9,11H,3,5,8H2,1-2H3. The van der Waals surface area contributed by atoms with E-state index in [1.807, 2.05) is 24.6 Å². The van der Waals surface area contributed by atoms with Crippen molar-refractivity contribution in [2.75, 3.05) is 12.8 Å². The van der Waals surface area contributed by atoms with Crippen LogP contribution in [0.3, 0.4) is 0 Å². The summed E-state index contributed by atoms with van der Waals surface area (Å²) in [5.74, 6) is 0.727. The highest BCUT2D eigenvalue weighted by molar-refractivity contribution is 7.87. The Hall–Kier alpha value is -0.190. The lowest BCUT2D eigenvalue weighted by atomic mass is 10.2. The van der Waals surface area contributed by atoms with Crippen LogP contribution in [0.1, 0.15) is 19.8 Å². The van der Waals surface area contributed by atoms with E-state index in [-0.39, 0.29) is 0 Å². The van der Waals surface area contributed by atoms with E-state index in [0.717, 1.165) is 22.8 Å². The van der Waals surface area contributed by atoms with Gasteiger partial charge in [0, 0.05) is 11.8 Å². The van der Waals surface area contributed by atoms with Crippen molar-refractivity contribution in [3.8, 4) is 0 Å². The van der Waals surface area contributed by atoms with Crippen LogP contribution in [0.15, 0.2) is 21.7 Å². The molecule has 80 valence electrons. The van der Waals surface area contributed by atoms with Gasteiger partial charge in [0.1, 0.15) is 0 Å². The van der Waals surface area contributed by atoms with E-state index >= 15 is 0 Å². The average Bonchev–Trinajstić information content (AvgIpc) is 2.69. The van der Waals surface area contributed by atoms with Crippen LogP contribution < -0.4 is 5.32 Å². The molecule has 0 aliphatic carbocycles. The lowest BCUT2D eigenvalue weighted by molar-refractivity contribution is 0.557. The number of rotatable bonds is 6. The minimum atomic E-state index is -0.828. The van der Waals surface area contributed by atoms with Gasteiger partial charge in [-0.15, -0.1) is 11.3 Å². The van der Waals surface area contributed by atoms with E-state index in [0.29, 0.717) is 6.04 Å². The summed E-state index contributed by atoms with van der Waals surface area (Å²) in [5.41, 5.74) is 0. The zero-order valence-electron chi connectivity index (χ0n) is 8.66. The van der Waals surface area contributed by atoms with Gasteiger partial charge in [-0.05, 0) is 24.9 Å². The number of thiophene rings is 1. The predicted octanol–water partition coefficient (Wildman–Crippen LogP) is 2.24. The quantitative estimate of drug-likeness (QED) is 0.813. The SMILES string of the molecule is CCCC(CS(=O)c1cccs1)NC. The van der Waals surface area contributed by atoms with Gasteiger partial charge in [0.25, 0.3) is 0 Å². The summed E-state index contributed by atoms with van der Waals surface area (Å²) in [4.78, 5) is 0. The molecule has 2 atom stereocenters. The minimum Gasteiger partial charge on any atom is -0.316 e. The van der Waals surface area contributed by atoms with Gasteiger partial charge < -0.3 is 5.32 Å². The maximum Gasteiger partial charge on any atom is 0.0911 e. The lowest BCUT2D eigenvalue weighted by Crippen LogP contribution is -2.30. The molecule has 14 heavy (non-hydrogen) atoms. The van der Waals surface area contributed by atoms with Gasteiger partial charge in [-0.2, -0.15) is 0 Å². The number of hydrogen-bond acceptors (Lipinski definition) is 3. The summed E-state index contributed by atoms with van der Waals surface area (Å²) in [5, 5.41) is 5.18. The van der Waals surface area contributed by atoms with Crippen LogP contribution in [0.25, 0.3) is 0 Å². The fourth-order valence-electron chi connectivity index (χ4n) is 1.32. The smallest absolute Gasteiger partial charge is 0.0911 e. The Morgan fingerprint density at radius 1 is 1.64 bits per heavy atom. The van der Waals surface area contributed by atoms with E-state index in [1.165, 1.54) is 0 Å². The van der Waals surface area contributed by atoms with Gasteiger partial charge in [-0.1, -0.05) is 19.4 Å². The zero-order chi connectivity index (χ0) is 10.4. The van der Waals surface area contributed by atoms with Crippen LogP contribution in [0.4, 0.5) is 0 Å². The van der Waals surface area contributed by atoms with Crippen molar-refractivity contribution in [1.29, 1.82) is 0 Å². The van der Waals surface area contributed by atoms with Crippen LogP contribution in [0.2, 0.25) is 0 Å². The summed E-state index contributed by atoms with van der Waals surface area (Å²) in [6, 6.07) is 4.27. The summed E-state index contributed by atoms with van der Waals surface area (Å²) >= 11 is 1.57. The summed E-state index contributed by atoms with van der Waals surface area (Å²) < 4.78 is 12.8. The van der Waals surface area contributed by atoms with Crippen LogP contribution in [0.5, 0.6) is 0 Å². The third kappa shape index (κ3) is 3.52. The average molecular weight is 231 g/mol. The third-order valence-electron chi connectivity index (χ3n) is 2.12. The molecule has 0 fully saturated rings. The van der Waals surface area contributed by atoms with Crippen molar-refractivity contribution in [2.45, 2.75) is 30.0 Å². The third-order valence-corrected chi connectivity index (χ3v) is 4.92. The molecular formula is C10H17NOS2. The second-order valence-corrected chi connectivity index (χ2v) is 5.89. The monoisotopic (exact) mass is 231 g/mol. The number of hydrogen-bond donors (Lipinski definition) is 1. The first-order valence-electron chi connectivity index (χ1n) is 4.87. The molecule has 4 heteroatoms. The molecule has 1 rings (SSSR count). The van der Waals surface area contributed by atoms with Gasteiger partial charge in [0.05, 0.1) is 15.0 Å². The molecule has 1 heterocycles. The summed E-state index contributed by atoms with van der Waals surface area (Å²) in [7, 11) is 1.11. The lowest BCUT2D eigenvalue weighted by Gasteiger charge is -2.13. The Labute approximate surface area is 92.2 Å². The first-order valence-corrected chi connectivity index (χ1v) is 7.07. The highest BCUT2D eigenvalue weighted by Gasteiger charge is 2.11. The van der Waals surface area contributed by atoms with Crippen LogP contribution in [-0.2, 0) is 10.8 Å². The first-order chi connectivity index (χ1) is 6.77. The Morgan fingerprint density at radius 3 is 2.93 bits per heavy atom. The van der Waals surface area contributed by atoms with E-state index in [1.54, 1.807) is 11.3 Å². The van der Waals surface area contributed by atoms with Crippen LogP contribution in [-0.4, -0.2) is 23.1 Å². The van der Waals surface area contributed by atoms with E-state index in [2.05, 4.69) is 12.2 Å². The Balaban J connectivity index is 2.47. The Bertz CT molecular complexity index is 272. The topological polar surface area (TPSA) is 29.1 Å². The van der Waals surface area contributed by atoms with Crippen molar-refractivity contribution in [3.63, 3.8) is 0 Å². The highest BCUT2D eigenvalue weighted by atomic mass is 32.2. The van der Waals surface area contributed by atoms with E-state index < -0.39 is 10.8 Å². The van der Waals surface area contributed by atoms with Crippen molar-refractivity contribution < 1.29 is 4.21 Å². The van der Waals surface area contributed by atoms with Gasteiger partial charge in [-0.3, -0.25) is 4.21 Å². The summed E-state index contributed by atoms with van der Waals surface area (Å²) in [6.45, 7) is 2.15. The molecule has 0 saturated heterocycles. The highest BCUT2D eigenvalue weighted by Crippen LogP contribution is 2.15. The van der Waals surface area contributed by atoms with E-state index in [9.17, 15) is 4.21 Å². The Morgan fingerprint density at radius 2 is 2.43 bits per heavy atom. The van der Waals surface area contributed by atoms with Crippen molar-refractivity contribution in [1.82, 2.24) is 5.32 Å². The second kappa shape index (κ2) is 6.32. The zero-order valence-corrected chi connectivity index (χ0v) is 10.3. The molecule has 2 nitrogen and oxygen atoms in total. The molecule has 0 saturated carbocycles. The van der Waals surface area contributed by atoms with Crippen molar-refractivity contribution >= 4 is 22.1 Å². The van der Waals surface area contributed by atoms with Crippen molar-refractivity contribution in [3.05, 3.63) is 17.5 Å². The van der Waals surface area contributed by atoms with Gasteiger partial charge in [-0.25, -0.2) is 0 Å². The molecular weight excluding hydrogens is 214 g/mol. The molecule has 2 unspecified atom stereocenters. The molecule has 0 spiro atoms. The van der Waals surface area contributed by atoms with E-state index in [4.69, 9.17) is 0 Å². The number of nitrogens with one attached hydrogen (secondary N) is 1. The van der Waals surface area contributed by atoms with Gasteiger partial charge >= 0.3 is 0 Å². The van der Waals surface area contributed by atoms with Crippen LogP contribution >= 0.6 is 11.3 Å². The maximum atomic E-state index is 11.8. The second-order valence-electron chi connectivity index (χ2n) is 3.22. The molecule has 1 N–H and O–H groups in total. The fourth-order valence-corrected chi connectivity index (χ4v) is 3.66. The minimum absolute atomic E-state index is 0.378. The fraction of sp³-hybridized carbons (Fsp3) is 0.600. The largest absolute Gasteiger partial charge is 0.316 e. The first kappa shape index (κ1) is 11.9. The molecule has 1 aromatic rings. The van der Waals surface area contributed by atoms with Gasteiger partial charge in [0.15, 0.2) is 0 Å². The van der Waals surface area contributed by atoms with Crippen molar-refractivity contribution in [2.24, 2.45) is 0 Å². The molecule has 0 aliphatic heterocycles. The molecule has 0 bridgehead atoms. The summed E-state index contributed by atoms with van der Waals surface area (Å²) in [6.07, 6.45) is 2.22. The Kier molecular flexibility index (Phi) is 5.37. The van der Waals surface area contributed by atoms with Crippen LogP contribution in [0, 0.1) is 0 Å². The molecule has 0 aliphatic rings. The predicted molar refractivity (Wildman–Crippen MR) is 63.4 cm³/mol. The molecule has 0 aromatic carbocycles.